The van der Waals surface area contributed by atoms with Crippen LogP contribution in [0.2, 0.25) is 0 Å². The van der Waals surface area contributed by atoms with Gasteiger partial charge in [-0.1, -0.05) is 12.1 Å². The van der Waals surface area contributed by atoms with Crippen molar-refractivity contribution in [3.05, 3.63) is 59.7 Å². The quantitative estimate of drug-likeness (QED) is 0.666. The first-order valence-corrected chi connectivity index (χ1v) is 9.80. The van der Waals surface area contributed by atoms with Gasteiger partial charge in [-0.25, -0.2) is 0 Å². The van der Waals surface area contributed by atoms with Crippen LogP contribution in [-0.2, 0) is 9.59 Å². The molecule has 0 radical (unpaired) electrons. The Hall–Kier alpha value is -3.94. The maximum Gasteiger partial charge on any atom is 0.244 e. The van der Waals surface area contributed by atoms with Crippen LogP contribution in [0.4, 0.5) is 0 Å². The average Bonchev–Trinajstić information content (AvgIpc) is 3.43. The summed E-state index contributed by atoms with van der Waals surface area (Å²) in [4.78, 5) is 24.1. The number of carbonyl (C=O) groups is 2. The van der Waals surface area contributed by atoms with Crippen LogP contribution in [0.3, 0.4) is 0 Å². The zero-order valence-electron chi connectivity index (χ0n) is 16.9. The van der Waals surface area contributed by atoms with Crippen LogP contribution in [0.15, 0.2) is 48.6 Å². The zero-order chi connectivity index (χ0) is 21.6. The topological polar surface area (TPSA) is 95.1 Å². The lowest BCUT2D eigenvalue weighted by Crippen LogP contribution is -2.40. The Kier molecular flexibility index (Phi) is 6.07. The van der Waals surface area contributed by atoms with E-state index in [1.165, 1.54) is 12.2 Å². The molecule has 2 heterocycles. The summed E-state index contributed by atoms with van der Waals surface area (Å²) in [5, 5.41) is 5.57. The maximum absolute atomic E-state index is 12.1. The number of amides is 2. The van der Waals surface area contributed by atoms with Crippen LogP contribution in [0.1, 0.15) is 18.1 Å². The summed E-state index contributed by atoms with van der Waals surface area (Å²) < 4.78 is 21.2. The molecule has 0 fully saturated rings. The molecule has 8 heteroatoms. The predicted molar refractivity (Wildman–Crippen MR) is 114 cm³/mol. The van der Waals surface area contributed by atoms with Crippen molar-refractivity contribution in [3.8, 4) is 23.0 Å². The fourth-order valence-corrected chi connectivity index (χ4v) is 3.03. The minimum absolute atomic E-state index is 0.206. The Morgan fingerprint density at radius 2 is 1.35 bits per heavy atom. The largest absolute Gasteiger partial charge is 0.454 e. The van der Waals surface area contributed by atoms with Gasteiger partial charge in [-0.2, -0.15) is 0 Å². The molecule has 0 aromatic heterocycles. The Bertz CT molecular complexity index is 1050. The number of fused-ring (bicyclic) bond motifs is 2. The van der Waals surface area contributed by atoms with Gasteiger partial charge in [0, 0.05) is 24.7 Å². The van der Waals surface area contributed by atoms with Gasteiger partial charge in [0.1, 0.15) is 0 Å². The summed E-state index contributed by atoms with van der Waals surface area (Å²) in [6, 6.07) is 10.7. The molecule has 1 atom stereocenters. The van der Waals surface area contributed by atoms with E-state index in [9.17, 15) is 9.59 Å². The minimum Gasteiger partial charge on any atom is -0.454 e. The van der Waals surface area contributed by atoms with Crippen molar-refractivity contribution in [2.24, 2.45) is 0 Å². The first kappa shape index (κ1) is 20.3. The number of ether oxygens (including phenoxy) is 4. The van der Waals surface area contributed by atoms with Gasteiger partial charge in [-0.05, 0) is 54.5 Å². The van der Waals surface area contributed by atoms with Gasteiger partial charge in [0.25, 0.3) is 0 Å². The third-order valence-corrected chi connectivity index (χ3v) is 4.62. The first-order chi connectivity index (χ1) is 15.1. The van der Waals surface area contributed by atoms with E-state index in [0.717, 1.165) is 11.1 Å². The molecule has 0 unspecified atom stereocenters. The van der Waals surface area contributed by atoms with E-state index < -0.39 is 0 Å². The molecule has 0 bridgehead atoms. The standard InChI is InChI=1S/C23H22N2O6/c1-15(25-23(27)9-5-17-3-7-19-21(11-17)31-14-29-19)12-24-22(26)8-4-16-2-6-18-20(10-16)30-13-28-18/h2-11,15H,12-14H2,1H3,(H,24,26)(H,25,27)/b8-4+,9-5+/t15-/m1/s1. The molecule has 2 N–H and O–H groups in total. The molecule has 4 rings (SSSR count). The Morgan fingerprint density at radius 3 is 1.94 bits per heavy atom. The second-order valence-electron chi connectivity index (χ2n) is 7.05. The molecule has 0 saturated heterocycles. The monoisotopic (exact) mass is 422 g/mol. The van der Waals surface area contributed by atoms with E-state index in [1.54, 1.807) is 30.4 Å². The summed E-state index contributed by atoms with van der Waals surface area (Å²) in [6.07, 6.45) is 6.26. The SMILES string of the molecule is C[C@H](CNC(=O)/C=C/c1ccc2c(c1)OCO2)NC(=O)/C=C/c1ccc2c(c1)OCO2. The van der Waals surface area contributed by atoms with Crippen molar-refractivity contribution in [1.82, 2.24) is 10.6 Å². The Balaban J connectivity index is 1.20. The second-order valence-corrected chi connectivity index (χ2v) is 7.05. The van der Waals surface area contributed by atoms with Gasteiger partial charge < -0.3 is 29.6 Å². The number of nitrogens with one attached hydrogen (secondary N) is 2. The van der Waals surface area contributed by atoms with Gasteiger partial charge in [0.05, 0.1) is 0 Å². The van der Waals surface area contributed by atoms with Gasteiger partial charge >= 0.3 is 0 Å². The summed E-state index contributed by atoms with van der Waals surface area (Å²) >= 11 is 0. The lowest BCUT2D eigenvalue weighted by Gasteiger charge is -2.12. The van der Waals surface area contributed by atoms with E-state index in [-0.39, 0.29) is 31.4 Å². The van der Waals surface area contributed by atoms with Crippen molar-refractivity contribution >= 4 is 24.0 Å². The average molecular weight is 422 g/mol. The van der Waals surface area contributed by atoms with Crippen LogP contribution in [0.25, 0.3) is 12.2 Å². The van der Waals surface area contributed by atoms with Crippen LogP contribution in [0.5, 0.6) is 23.0 Å². The fraction of sp³-hybridized carbons (Fsp3) is 0.217. The van der Waals surface area contributed by atoms with E-state index >= 15 is 0 Å². The molecule has 0 saturated carbocycles. The minimum atomic E-state index is -0.255. The summed E-state index contributed by atoms with van der Waals surface area (Å²) in [5.74, 6) is 2.20. The lowest BCUT2D eigenvalue weighted by molar-refractivity contribution is -0.118. The van der Waals surface area contributed by atoms with Crippen molar-refractivity contribution in [3.63, 3.8) is 0 Å². The van der Waals surface area contributed by atoms with Gasteiger partial charge in [-0.3, -0.25) is 9.59 Å². The Labute approximate surface area is 179 Å². The van der Waals surface area contributed by atoms with Crippen LogP contribution in [0, 0.1) is 0 Å². The van der Waals surface area contributed by atoms with Crippen LogP contribution >= 0.6 is 0 Å². The smallest absolute Gasteiger partial charge is 0.244 e. The highest BCUT2D eigenvalue weighted by Gasteiger charge is 2.13. The van der Waals surface area contributed by atoms with Crippen LogP contribution in [-0.4, -0.2) is 38.0 Å². The molecule has 2 aliphatic heterocycles. The van der Waals surface area contributed by atoms with Crippen molar-refractivity contribution in [2.75, 3.05) is 20.1 Å². The number of carbonyl (C=O) groups excluding carboxylic acids is 2. The third kappa shape index (κ3) is 5.36. The normalized spacial score (nSPS) is 14.7. The predicted octanol–water partition coefficient (Wildman–Crippen LogP) is 2.49. The van der Waals surface area contributed by atoms with E-state index in [4.69, 9.17) is 18.9 Å². The molecule has 0 spiro atoms. The summed E-state index contributed by atoms with van der Waals surface area (Å²) in [5.41, 5.74) is 1.66. The third-order valence-electron chi connectivity index (χ3n) is 4.62. The maximum atomic E-state index is 12.1. The highest BCUT2D eigenvalue weighted by Crippen LogP contribution is 2.33. The van der Waals surface area contributed by atoms with Crippen molar-refractivity contribution in [2.45, 2.75) is 13.0 Å². The van der Waals surface area contributed by atoms with E-state index in [0.29, 0.717) is 29.5 Å². The Morgan fingerprint density at radius 1 is 0.839 bits per heavy atom. The molecular weight excluding hydrogens is 400 g/mol. The molecule has 2 aliphatic rings. The number of hydrogen-bond donors (Lipinski definition) is 2. The summed E-state index contributed by atoms with van der Waals surface area (Å²) in [7, 11) is 0. The molecule has 160 valence electrons. The highest BCUT2D eigenvalue weighted by atomic mass is 16.7. The molecule has 31 heavy (non-hydrogen) atoms. The second kappa shape index (κ2) is 9.25. The number of hydrogen-bond acceptors (Lipinski definition) is 6. The number of benzene rings is 2. The fourth-order valence-electron chi connectivity index (χ4n) is 3.03. The van der Waals surface area contributed by atoms with Gasteiger partial charge in [0.15, 0.2) is 23.0 Å². The molecular formula is C23H22N2O6. The summed E-state index contributed by atoms with van der Waals surface area (Å²) in [6.45, 7) is 2.53. The van der Waals surface area contributed by atoms with Gasteiger partial charge in [-0.15, -0.1) is 0 Å². The molecule has 2 amide bonds. The zero-order valence-corrected chi connectivity index (χ0v) is 16.9. The van der Waals surface area contributed by atoms with E-state index in [1.807, 2.05) is 25.1 Å². The number of rotatable bonds is 7. The van der Waals surface area contributed by atoms with Gasteiger partial charge in [0.2, 0.25) is 25.4 Å². The van der Waals surface area contributed by atoms with Crippen molar-refractivity contribution < 1.29 is 28.5 Å². The van der Waals surface area contributed by atoms with E-state index in [2.05, 4.69) is 10.6 Å². The lowest BCUT2D eigenvalue weighted by atomic mass is 10.2. The highest BCUT2D eigenvalue weighted by molar-refractivity contribution is 5.93. The molecule has 8 nitrogen and oxygen atoms in total. The molecule has 0 aliphatic carbocycles. The molecule has 2 aromatic carbocycles. The van der Waals surface area contributed by atoms with Crippen molar-refractivity contribution in [1.29, 1.82) is 0 Å². The molecule has 2 aromatic rings. The van der Waals surface area contributed by atoms with Crippen LogP contribution < -0.4 is 29.6 Å². The first-order valence-electron chi connectivity index (χ1n) is 9.80.